The summed E-state index contributed by atoms with van der Waals surface area (Å²) in [5, 5.41) is 11.9. The van der Waals surface area contributed by atoms with Crippen LogP contribution < -0.4 is 11.1 Å². The third-order valence-corrected chi connectivity index (χ3v) is 2.84. The second kappa shape index (κ2) is 6.02. The van der Waals surface area contributed by atoms with Crippen molar-refractivity contribution in [2.24, 2.45) is 0 Å². The number of benzene rings is 2. The maximum absolute atomic E-state index is 13.0. The van der Waals surface area contributed by atoms with E-state index in [0.717, 1.165) is 11.8 Å². The van der Waals surface area contributed by atoms with E-state index >= 15 is 0 Å². The van der Waals surface area contributed by atoms with Gasteiger partial charge in [0.25, 0.3) is 0 Å². The first-order valence-electron chi connectivity index (χ1n) is 6.07. The number of anilines is 2. The Morgan fingerprint density at radius 2 is 1.80 bits per heavy atom. The minimum atomic E-state index is -0.584. The Bertz CT molecular complexity index is 642. The Hall–Kier alpha value is -2.61. The van der Waals surface area contributed by atoms with Crippen molar-refractivity contribution in [3.63, 3.8) is 0 Å². The van der Waals surface area contributed by atoms with Crippen LogP contribution in [-0.4, -0.2) is 6.54 Å². The number of hydrogen-bond acceptors (Lipinski definition) is 3. The zero-order valence-electron chi connectivity index (χ0n) is 10.7. The molecule has 5 heteroatoms. The van der Waals surface area contributed by atoms with Gasteiger partial charge >= 0.3 is 0 Å². The number of halogens is 2. The molecule has 102 valence electrons. The predicted octanol–water partition coefficient (Wildman–Crippen LogP) is 3.07. The van der Waals surface area contributed by atoms with E-state index in [0.29, 0.717) is 29.8 Å². The van der Waals surface area contributed by atoms with E-state index in [9.17, 15) is 8.78 Å². The summed E-state index contributed by atoms with van der Waals surface area (Å²) in [6.45, 7) is 0.498. The van der Waals surface area contributed by atoms with Crippen molar-refractivity contribution < 1.29 is 8.78 Å². The lowest BCUT2D eigenvalue weighted by Crippen LogP contribution is -2.06. The molecule has 0 unspecified atom stereocenters. The average Bonchev–Trinajstić information content (AvgIpc) is 2.39. The van der Waals surface area contributed by atoms with Crippen LogP contribution in [0.25, 0.3) is 0 Å². The lowest BCUT2D eigenvalue weighted by Gasteiger charge is -2.08. The van der Waals surface area contributed by atoms with Gasteiger partial charge in [-0.15, -0.1) is 0 Å². The summed E-state index contributed by atoms with van der Waals surface area (Å²) in [5.74, 6) is -1.17. The van der Waals surface area contributed by atoms with E-state index in [2.05, 4.69) is 5.32 Å². The zero-order valence-corrected chi connectivity index (χ0v) is 10.7. The molecule has 0 spiro atoms. The lowest BCUT2D eigenvalue weighted by atomic mass is 10.1. The Balaban J connectivity index is 1.98. The summed E-state index contributed by atoms with van der Waals surface area (Å²) in [5.41, 5.74) is 7.75. The molecule has 0 saturated carbocycles. The Morgan fingerprint density at radius 3 is 2.45 bits per heavy atom. The molecule has 2 rings (SSSR count). The van der Waals surface area contributed by atoms with Gasteiger partial charge < -0.3 is 11.1 Å². The first kappa shape index (κ1) is 13.8. The molecule has 2 aromatic rings. The van der Waals surface area contributed by atoms with E-state index in [1.807, 2.05) is 6.07 Å². The molecule has 0 bridgehead atoms. The Kier molecular flexibility index (Phi) is 4.16. The minimum Gasteiger partial charge on any atom is -0.398 e. The predicted molar refractivity (Wildman–Crippen MR) is 74.1 cm³/mol. The molecule has 0 aliphatic heterocycles. The van der Waals surface area contributed by atoms with Crippen molar-refractivity contribution in [3.05, 3.63) is 59.2 Å². The molecular weight excluding hydrogens is 260 g/mol. The monoisotopic (exact) mass is 273 g/mol. The molecule has 0 heterocycles. The quantitative estimate of drug-likeness (QED) is 0.841. The van der Waals surface area contributed by atoms with Crippen molar-refractivity contribution in [3.8, 4) is 6.07 Å². The highest BCUT2D eigenvalue weighted by Gasteiger charge is 2.02. The van der Waals surface area contributed by atoms with E-state index in [4.69, 9.17) is 11.0 Å². The highest BCUT2D eigenvalue weighted by Crippen LogP contribution is 2.17. The van der Waals surface area contributed by atoms with Crippen molar-refractivity contribution in [2.75, 3.05) is 17.6 Å². The molecule has 0 aliphatic carbocycles. The van der Waals surface area contributed by atoms with Gasteiger partial charge in [0.1, 0.15) is 17.7 Å². The van der Waals surface area contributed by atoms with E-state index < -0.39 is 11.6 Å². The number of nitriles is 1. The highest BCUT2D eigenvalue weighted by molar-refractivity contribution is 5.61. The first-order valence-corrected chi connectivity index (χ1v) is 6.07. The largest absolute Gasteiger partial charge is 0.398 e. The third kappa shape index (κ3) is 3.45. The molecule has 0 amide bonds. The summed E-state index contributed by atoms with van der Waals surface area (Å²) >= 11 is 0. The van der Waals surface area contributed by atoms with Crippen LogP contribution in [0.1, 0.15) is 11.1 Å². The maximum Gasteiger partial charge on any atom is 0.126 e. The van der Waals surface area contributed by atoms with Crippen molar-refractivity contribution in [1.82, 2.24) is 0 Å². The van der Waals surface area contributed by atoms with Gasteiger partial charge in [-0.25, -0.2) is 8.78 Å². The molecule has 0 atom stereocenters. The fourth-order valence-corrected chi connectivity index (χ4v) is 1.87. The summed E-state index contributed by atoms with van der Waals surface area (Å²) in [7, 11) is 0. The molecule has 0 aromatic heterocycles. The van der Waals surface area contributed by atoms with Crippen LogP contribution >= 0.6 is 0 Å². The summed E-state index contributed by atoms with van der Waals surface area (Å²) in [6.07, 6.45) is 0.473. The molecule has 3 N–H and O–H groups in total. The van der Waals surface area contributed by atoms with Gasteiger partial charge in [-0.3, -0.25) is 0 Å². The van der Waals surface area contributed by atoms with E-state index in [1.54, 1.807) is 18.2 Å². The number of nitrogens with one attached hydrogen (secondary N) is 1. The number of nitrogens with zero attached hydrogens (tertiary/aromatic N) is 1. The van der Waals surface area contributed by atoms with Gasteiger partial charge in [-0.05, 0) is 42.3 Å². The normalized spacial score (nSPS) is 10.1. The standard InChI is InChI=1S/C15H13F2N3/c16-12-5-10(6-13(17)8-12)3-4-20-14-1-2-15(19)11(7-14)9-18/h1-2,5-8,20H,3-4,19H2. The first-order chi connectivity index (χ1) is 9.58. The molecule has 20 heavy (non-hydrogen) atoms. The molecule has 0 aliphatic rings. The maximum atomic E-state index is 13.0. The number of nitrogen functional groups attached to an aromatic ring is 1. The van der Waals surface area contributed by atoms with Gasteiger partial charge in [-0.2, -0.15) is 5.26 Å². The van der Waals surface area contributed by atoms with Crippen molar-refractivity contribution >= 4 is 11.4 Å². The smallest absolute Gasteiger partial charge is 0.126 e. The molecule has 0 fully saturated rings. The zero-order chi connectivity index (χ0) is 14.5. The molecular formula is C15H13F2N3. The summed E-state index contributed by atoms with van der Waals surface area (Å²) in [4.78, 5) is 0. The van der Waals surface area contributed by atoms with Crippen molar-refractivity contribution in [1.29, 1.82) is 5.26 Å². The highest BCUT2D eigenvalue weighted by atomic mass is 19.1. The topological polar surface area (TPSA) is 61.8 Å². The Labute approximate surface area is 115 Å². The second-order valence-corrected chi connectivity index (χ2v) is 4.37. The average molecular weight is 273 g/mol. The lowest BCUT2D eigenvalue weighted by molar-refractivity contribution is 0.580. The molecule has 2 aromatic carbocycles. The SMILES string of the molecule is N#Cc1cc(NCCc2cc(F)cc(F)c2)ccc1N. The molecule has 0 radical (unpaired) electrons. The van der Waals surface area contributed by atoms with Gasteiger partial charge in [0.2, 0.25) is 0 Å². The van der Waals surface area contributed by atoms with Gasteiger partial charge in [0.15, 0.2) is 0 Å². The van der Waals surface area contributed by atoms with Crippen LogP contribution in [0, 0.1) is 23.0 Å². The number of rotatable bonds is 4. The van der Waals surface area contributed by atoms with Gasteiger partial charge in [0.05, 0.1) is 5.56 Å². The van der Waals surface area contributed by atoms with Crippen LogP contribution in [0.3, 0.4) is 0 Å². The van der Waals surface area contributed by atoms with E-state index in [1.165, 1.54) is 12.1 Å². The van der Waals surface area contributed by atoms with Crippen molar-refractivity contribution in [2.45, 2.75) is 6.42 Å². The summed E-state index contributed by atoms with van der Waals surface area (Å²) < 4.78 is 26.0. The fourth-order valence-electron chi connectivity index (χ4n) is 1.87. The number of hydrogen-bond donors (Lipinski definition) is 2. The van der Waals surface area contributed by atoms with Crippen LogP contribution in [0.15, 0.2) is 36.4 Å². The third-order valence-electron chi connectivity index (χ3n) is 2.84. The molecule has 0 saturated heterocycles. The van der Waals surface area contributed by atoms with E-state index in [-0.39, 0.29) is 0 Å². The Morgan fingerprint density at radius 1 is 1.10 bits per heavy atom. The number of nitrogens with two attached hydrogens (primary N) is 1. The van der Waals surface area contributed by atoms with Crippen LogP contribution in [-0.2, 0) is 6.42 Å². The van der Waals surface area contributed by atoms with Crippen LogP contribution in [0.4, 0.5) is 20.2 Å². The van der Waals surface area contributed by atoms with Crippen LogP contribution in [0.2, 0.25) is 0 Å². The van der Waals surface area contributed by atoms with Crippen LogP contribution in [0.5, 0.6) is 0 Å². The van der Waals surface area contributed by atoms with Gasteiger partial charge in [-0.1, -0.05) is 0 Å². The molecule has 3 nitrogen and oxygen atoms in total. The fraction of sp³-hybridized carbons (Fsp3) is 0.133. The second-order valence-electron chi connectivity index (χ2n) is 4.37. The minimum absolute atomic E-state index is 0.395. The van der Waals surface area contributed by atoms with Gasteiger partial charge in [0, 0.05) is 24.0 Å². The summed E-state index contributed by atoms with van der Waals surface area (Å²) in [6, 6.07) is 10.5.